The standard InChI is InChI=1S/C24H32FN3O3/c1-2-30-23(29)24(17-21-6-3-4-15-31-21)9-13-27(14-10-24)18-19-16-20(25)7-8-22(19)28-12-5-11-26-28/h5,7-8,11-12,16,21H,2-4,6,9-10,13-15,17-18H2,1H3/t21-/m1/s1. The van der Waals surface area contributed by atoms with Crippen molar-refractivity contribution >= 4 is 5.97 Å². The third kappa shape index (κ3) is 5.15. The molecule has 0 N–H and O–H groups in total. The van der Waals surface area contributed by atoms with Crippen LogP contribution in [0.4, 0.5) is 4.39 Å². The van der Waals surface area contributed by atoms with E-state index >= 15 is 0 Å². The average molecular weight is 430 g/mol. The smallest absolute Gasteiger partial charge is 0.312 e. The van der Waals surface area contributed by atoms with Gasteiger partial charge in [0, 0.05) is 25.5 Å². The molecule has 0 unspecified atom stereocenters. The number of esters is 1. The van der Waals surface area contributed by atoms with Crippen molar-refractivity contribution in [2.45, 2.75) is 58.1 Å². The Hall–Kier alpha value is -2.25. The Balaban J connectivity index is 1.46. The minimum absolute atomic E-state index is 0.0909. The topological polar surface area (TPSA) is 56.6 Å². The molecule has 168 valence electrons. The minimum Gasteiger partial charge on any atom is -0.466 e. The molecule has 3 heterocycles. The van der Waals surface area contributed by atoms with Crippen LogP contribution in [0.15, 0.2) is 36.7 Å². The lowest BCUT2D eigenvalue weighted by atomic mass is 9.73. The van der Waals surface area contributed by atoms with Crippen LogP contribution in [0, 0.1) is 11.2 Å². The summed E-state index contributed by atoms with van der Waals surface area (Å²) in [5.74, 6) is -0.343. The van der Waals surface area contributed by atoms with E-state index in [9.17, 15) is 9.18 Å². The number of benzene rings is 1. The first-order valence-corrected chi connectivity index (χ1v) is 11.4. The molecule has 1 atom stereocenters. The zero-order valence-electron chi connectivity index (χ0n) is 18.3. The van der Waals surface area contributed by atoms with E-state index in [1.807, 2.05) is 19.2 Å². The number of carbonyl (C=O) groups is 1. The van der Waals surface area contributed by atoms with Gasteiger partial charge in [0.05, 0.1) is 23.8 Å². The van der Waals surface area contributed by atoms with E-state index < -0.39 is 5.41 Å². The lowest BCUT2D eigenvalue weighted by Gasteiger charge is -2.42. The van der Waals surface area contributed by atoms with Crippen LogP contribution < -0.4 is 0 Å². The van der Waals surface area contributed by atoms with Crippen LogP contribution >= 0.6 is 0 Å². The Morgan fingerprint density at radius 1 is 1.32 bits per heavy atom. The zero-order chi connectivity index (χ0) is 21.7. The van der Waals surface area contributed by atoms with Gasteiger partial charge in [-0.05, 0) is 88.4 Å². The summed E-state index contributed by atoms with van der Waals surface area (Å²) in [6.45, 7) is 5.18. The highest BCUT2D eigenvalue weighted by Gasteiger charge is 2.44. The van der Waals surface area contributed by atoms with Crippen molar-refractivity contribution in [3.63, 3.8) is 0 Å². The molecular weight excluding hydrogens is 397 g/mol. The molecule has 2 aliphatic rings. The molecule has 0 bridgehead atoms. The fourth-order valence-corrected chi connectivity index (χ4v) is 4.88. The highest BCUT2D eigenvalue weighted by Crippen LogP contribution is 2.40. The van der Waals surface area contributed by atoms with E-state index in [4.69, 9.17) is 9.47 Å². The van der Waals surface area contributed by atoms with Gasteiger partial charge in [-0.15, -0.1) is 0 Å². The maximum atomic E-state index is 14.0. The van der Waals surface area contributed by atoms with Gasteiger partial charge in [-0.1, -0.05) is 0 Å². The second-order valence-corrected chi connectivity index (χ2v) is 8.69. The van der Waals surface area contributed by atoms with E-state index in [-0.39, 0.29) is 17.9 Å². The number of hydrogen-bond acceptors (Lipinski definition) is 5. The number of piperidine rings is 1. The first-order chi connectivity index (χ1) is 15.1. The molecule has 1 aromatic heterocycles. The highest BCUT2D eigenvalue weighted by atomic mass is 19.1. The van der Waals surface area contributed by atoms with E-state index in [0.717, 1.165) is 69.5 Å². The number of hydrogen-bond donors (Lipinski definition) is 0. The van der Waals surface area contributed by atoms with Gasteiger partial charge in [0.2, 0.25) is 0 Å². The monoisotopic (exact) mass is 429 g/mol. The average Bonchev–Trinajstić information content (AvgIpc) is 3.31. The van der Waals surface area contributed by atoms with E-state index in [2.05, 4.69) is 10.00 Å². The van der Waals surface area contributed by atoms with Crippen LogP contribution in [0.25, 0.3) is 5.69 Å². The van der Waals surface area contributed by atoms with Crippen molar-refractivity contribution in [3.05, 3.63) is 48.0 Å². The van der Waals surface area contributed by atoms with Crippen LogP contribution in [0.3, 0.4) is 0 Å². The summed E-state index contributed by atoms with van der Waals surface area (Å²) in [5, 5.41) is 4.30. The second kappa shape index (κ2) is 9.92. The molecule has 6 nitrogen and oxygen atoms in total. The Morgan fingerprint density at radius 3 is 2.84 bits per heavy atom. The van der Waals surface area contributed by atoms with Crippen molar-refractivity contribution in [1.82, 2.24) is 14.7 Å². The van der Waals surface area contributed by atoms with Crippen LogP contribution in [0.2, 0.25) is 0 Å². The number of aromatic nitrogens is 2. The second-order valence-electron chi connectivity index (χ2n) is 8.69. The van der Waals surface area contributed by atoms with Gasteiger partial charge in [-0.3, -0.25) is 9.69 Å². The molecule has 0 aliphatic carbocycles. The maximum absolute atomic E-state index is 14.0. The van der Waals surface area contributed by atoms with Crippen molar-refractivity contribution in [1.29, 1.82) is 0 Å². The molecule has 2 aliphatic heterocycles. The van der Waals surface area contributed by atoms with Gasteiger partial charge < -0.3 is 9.47 Å². The highest BCUT2D eigenvalue weighted by molar-refractivity contribution is 5.77. The van der Waals surface area contributed by atoms with Crippen molar-refractivity contribution < 1.29 is 18.7 Å². The minimum atomic E-state index is -0.485. The summed E-state index contributed by atoms with van der Waals surface area (Å²) < 4.78 is 27.2. The van der Waals surface area contributed by atoms with Crippen LogP contribution in [0.5, 0.6) is 0 Å². The molecule has 0 saturated carbocycles. The molecule has 0 radical (unpaired) electrons. The van der Waals surface area contributed by atoms with Crippen LogP contribution in [0.1, 0.15) is 51.0 Å². The number of nitrogens with zero attached hydrogens (tertiary/aromatic N) is 3. The van der Waals surface area contributed by atoms with Crippen molar-refractivity contribution in [2.24, 2.45) is 5.41 Å². The fourth-order valence-electron chi connectivity index (χ4n) is 4.88. The van der Waals surface area contributed by atoms with Gasteiger partial charge in [0.15, 0.2) is 0 Å². The number of rotatable bonds is 7. The largest absolute Gasteiger partial charge is 0.466 e. The molecule has 0 spiro atoms. The predicted octanol–water partition coefficient (Wildman–Crippen LogP) is 4.12. The van der Waals surface area contributed by atoms with E-state index in [1.165, 1.54) is 6.07 Å². The Labute approximate surface area is 183 Å². The summed E-state index contributed by atoms with van der Waals surface area (Å²) in [6, 6.07) is 6.67. The zero-order valence-corrected chi connectivity index (χ0v) is 18.3. The molecule has 31 heavy (non-hydrogen) atoms. The Morgan fingerprint density at radius 2 is 2.16 bits per heavy atom. The molecular formula is C24H32FN3O3. The molecule has 7 heteroatoms. The van der Waals surface area contributed by atoms with Gasteiger partial charge >= 0.3 is 5.97 Å². The first kappa shape index (κ1) is 22.0. The fraction of sp³-hybridized carbons (Fsp3) is 0.583. The number of likely N-dealkylation sites (tertiary alicyclic amines) is 1. The lowest BCUT2D eigenvalue weighted by molar-refractivity contribution is -0.162. The molecule has 0 amide bonds. The first-order valence-electron chi connectivity index (χ1n) is 11.4. The Bertz CT molecular complexity index is 857. The number of halogens is 1. The van der Waals surface area contributed by atoms with E-state index in [0.29, 0.717) is 13.2 Å². The molecule has 1 aromatic carbocycles. The van der Waals surface area contributed by atoms with Gasteiger partial charge in [-0.25, -0.2) is 9.07 Å². The summed E-state index contributed by atoms with van der Waals surface area (Å²) in [7, 11) is 0. The molecule has 2 fully saturated rings. The SMILES string of the molecule is CCOC(=O)C1(C[C@H]2CCCCO2)CCN(Cc2cc(F)ccc2-n2cccn2)CC1. The predicted molar refractivity (Wildman–Crippen MR) is 115 cm³/mol. The van der Waals surface area contributed by atoms with Crippen LogP contribution in [-0.2, 0) is 20.8 Å². The summed E-state index contributed by atoms with van der Waals surface area (Å²) in [5.41, 5.74) is 1.29. The number of carbonyl (C=O) groups excluding carboxylic acids is 1. The maximum Gasteiger partial charge on any atom is 0.312 e. The lowest BCUT2D eigenvalue weighted by Crippen LogP contribution is -2.47. The van der Waals surface area contributed by atoms with Crippen LogP contribution in [-0.4, -0.2) is 53.1 Å². The third-order valence-electron chi connectivity index (χ3n) is 6.60. The van der Waals surface area contributed by atoms with Gasteiger partial charge in [0.1, 0.15) is 5.82 Å². The molecule has 2 aromatic rings. The quantitative estimate of drug-likeness (QED) is 0.620. The molecule has 2 saturated heterocycles. The Kier molecular flexibility index (Phi) is 7.02. The summed E-state index contributed by atoms with van der Waals surface area (Å²) in [4.78, 5) is 15.2. The van der Waals surface area contributed by atoms with Gasteiger partial charge in [0.25, 0.3) is 0 Å². The van der Waals surface area contributed by atoms with E-state index in [1.54, 1.807) is 23.0 Å². The normalized spacial score (nSPS) is 21.7. The summed E-state index contributed by atoms with van der Waals surface area (Å²) in [6.07, 6.45) is 9.20. The van der Waals surface area contributed by atoms with Crippen molar-refractivity contribution in [3.8, 4) is 5.69 Å². The van der Waals surface area contributed by atoms with Crippen molar-refractivity contribution in [2.75, 3.05) is 26.3 Å². The third-order valence-corrected chi connectivity index (χ3v) is 6.60. The van der Waals surface area contributed by atoms with Gasteiger partial charge in [-0.2, -0.15) is 5.10 Å². The summed E-state index contributed by atoms with van der Waals surface area (Å²) >= 11 is 0. The number of ether oxygens (including phenoxy) is 2. The molecule has 4 rings (SSSR count).